The van der Waals surface area contributed by atoms with Crippen molar-refractivity contribution < 1.29 is 4.79 Å². The summed E-state index contributed by atoms with van der Waals surface area (Å²) in [5.41, 5.74) is 9.59. The zero-order chi connectivity index (χ0) is 13.5. The molecule has 0 aliphatic heterocycles. The van der Waals surface area contributed by atoms with Crippen LogP contribution < -0.4 is 5.73 Å². The summed E-state index contributed by atoms with van der Waals surface area (Å²) in [7, 11) is 0. The third kappa shape index (κ3) is 2.43. The molecule has 0 saturated heterocycles. The molecule has 1 aliphatic rings. The summed E-state index contributed by atoms with van der Waals surface area (Å²) in [6, 6.07) is 6.75. The van der Waals surface area contributed by atoms with Crippen molar-refractivity contribution in [2.45, 2.75) is 57.8 Å². The minimum Gasteiger partial charge on any atom is -0.370 e. The van der Waals surface area contributed by atoms with Gasteiger partial charge in [0.25, 0.3) is 0 Å². The monoisotopic (exact) mass is 245 g/mol. The van der Waals surface area contributed by atoms with Crippen LogP contribution in [0.25, 0.3) is 0 Å². The predicted octanol–water partition coefficient (Wildman–Crippen LogP) is 3.45. The average molecular weight is 245 g/mol. The summed E-state index contributed by atoms with van der Waals surface area (Å²) < 4.78 is 0. The van der Waals surface area contributed by atoms with Crippen LogP contribution in [0.3, 0.4) is 0 Å². The molecule has 18 heavy (non-hydrogen) atoms. The van der Waals surface area contributed by atoms with Crippen LogP contribution >= 0.6 is 0 Å². The maximum Gasteiger partial charge on any atom is 0.218 e. The molecular formula is C16H23NO. The summed E-state index contributed by atoms with van der Waals surface area (Å²) in [6.45, 7) is 8.89. The highest BCUT2D eigenvalue weighted by Gasteiger charge is 2.30. The molecule has 1 aromatic carbocycles. The van der Waals surface area contributed by atoms with Gasteiger partial charge in [-0.25, -0.2) is 0 Å². The summed E-state index contributed by atoms with van der Waals surface area (Å²) in [6.07, 6.45) is 1.52. The Hall–Kier alpha value is -1.31. The Morgan fingerprint density at radius 2 is 2.00 bits per heavy atom. The van der Waals surface area contributed by atoms with Gasteiger partial charge in [-0.3, -0.25) is 4.79 Å². The number of hydrogen-bond acceptors (Lipinski definition) is 1. The maximum atomic E-state index is 11.2. The molecule has 0 aromatic heterocycles. The van der Waals surface area contributed by atoms with Crippen molar-refractivity contribution in [1.82, 2.24) is 0 Å². The largest absolute Gasteiger partial charge is 0.370 e. The number of nitrogens with two attached hydrogens (primary N) is 1. The minimum atomic E-state index is -0.193. The van der Waals surface area contributed by atoms with Gasteiger partial charge in [-0.1, -0.05) is 45.9 Å². The van der Waals surface area contributed by atoms with Crippen LogP contribution in [0.5, 0.6) is 0 Å². The van der Waals surface area contributed by atoms with E-state index in [0.29, 0.717) is 18.3 Å². The molecule has 0 fully saturated rings. The van der Waals surface area contributed by atoms with Gasteiger partial charge >= 0.3 is 0 Å². The van der Waals surface area contributed by atoms with Crippen LogP contribution in [0.1, 0.15) is 69.1 Å². The fourth-order valence-electron chi connectivity index (χ4n) is 2.96. The van der Waals surface area contributed by atoms with Crippen LogP contribution in [0.2, 0.25) is 0 Å². The van der Waals surface area contributed by atoms with E-state index in [1.165, 1.54) is 16.7 Å². The van der Waals surface area contributed by atoms with E-state index in [-0.39, 0.29) is 11.3 Å². The zero-order valence-electron chi connectivity index (χ0n) is 11.8. The van der Waals surface area contributed by atoms with Gasteiger partial charge in [0.05, 0.1) is 0 Å². The molecule has 2 N–H and O–H groups in total. The Labute approximate surface area is 110 Å². The van der Waals surface area contributed by atoms with Gasteiger partial charge in [0.15, 0.2) is 0 Å². The smallest absolute Gasteiger partial charge is 0.218 e. The topological polar surface area (TPSA) is 43.1 Å². The van der Waals surface area contributed by atoms with Crippen molar-refractivity contribution in [3.8, 4) is 0 Å². The van der Waals surface area contributed by atoms with Crippen molar-refractivity contribution in [3.05, 3.63) is 34.9 Å². The van der Waals surface area contributed by atoms with Gasteiger partial charge < -0.3 is 5.73 Å². The van der Waals surface area contributed by atoms with Crippen molar-refractivity contribution in [2.24, 2.45) is 5.73 Å². The third-order valence-electron chi connectivity index (χ3n) is 4.01. The molecule has 2 heteroatoms. The molecule has 1 aromatic rings. The van der Waals surface area contributed by atoms with Crippen molar-refractivity contribution in [2.75, 3.05) is 0 Å². The number of benzene rings is 1. The fourth-order valence-corrected chi connectivity index (χ4v) is 2.96. The Kier molecular flexibility index (Phi) is 3.22. The molecule has 0 heterocycles. The highest BCUT2D eigenvalue weighted by Crippen LogP contribution is 2.44. The Balaban J connectivity index is 2.40. The second kappa shape index (κ2) is 4.42. The minimum absolute atomic E-state index is 0.151. The molecule has 1 amide bonds. The second-order valence-electron chi connectivity index (χ2n) is 6.60. The lowest BCUT2D eigenvalue weighted by Gasteiger charge is -2.21. The highest BCUT2D eigenvalue weighted by atomic mass is 16.1. The van der Waals surface area contributed by atoms with Gasteiger partial charge in [0.2, 0.25) is 5.91 Å². The van der Waals surface area contributed by atoms with Crippen LogP contribution in [0, 0.1) is 0 Å². The normalized spacial score (nSPS) is 22.9. The van der Waals surface area contributed by atoms with Crippen molar-refractivity contribution in [1.29, 1.82) is 0 Å². The first-order valence-corrected chi connectivity index (χ1v) is 6.71. The van der Waals surface area contributed by atoms with Crippen molar-refractivity contribution >= 4 is 5.91 Å². The van der Waals surface area contributed by atoms with Gasteiger partial charge in [-0.15, -0.1) is 0 Å². The molecule has 2 atom stereocenters. The summed E-state index contributed by atoms with van der Waals surface area (Å²) >= 11 is 0. The molecular weight excluding hydrogens is 222 g/mol. The van der Waals surface area contributed by atoms with E-state index in [9.17, 15) is 4.79 Å². The van der Waals surface area contributed by atoms with Gasteiger partial charge in [0.1, 0.15) is 0 Å². The van der Waals surface area contributed by atoms with Crippen LogP contribution in [0.15, 0.2) is 18.2 Å². The van der Waals surface area contributed by atoms with E-state index in [4.69, 9.17) is 5.73 Å². The maximum absolute atomic E-state index is 11.2. The number of fused-ring (bicyclic) bond motifs is 1. The van der Waals surface area contributed by atoms with E-state index in [0.717, 1.165) is 6.42 Å². The van der Waals surface area contributed by atoms with Crippen molar-refractivity contribution in [3.63, 3.8) is 0 Å². The number of hydrogen-bond donors (Lipinski definition) is 1. The van der Waals surface area contributed by atoms with E-state index in [1.807, 2.05) is 0 Å². The second-order valence-corrected chi connectivity index (χ2v) is 6.60. The zero-order valence-corrected chi connectivity index (χ0v) is 11.8. The van der Waals surface area contributed by atoms with Crippen LogP contribution in [-0.4, -0.2) is 5.91 Å². The first-order chi connectivity index (χ1) is 8.29. The molecule has 2 rings (SSSR count). The molecule has 2 nitrogen and oxygen atoms in total. The Bertz CT molecular complexity index is 470. The summed E-state index contributed by atoms with van der Waals surface area (Å²) in [5, 5.41) is 0. The molecule has 0 saturated carbocycles. The highest BCUT2D eigenvalue weighted by molar-refractivity contribution is 5.75. The lowest BCUT2D eigenvalue weighted by Crippen LogP contribution is -2.15. The number of rotatable bonds is 2. The standard InChI is InChI=1S/C16H23NO/c1-10-7-11(8-15(17)18)14-9-12(16(2,3)4)5-6-13(10)14/h5-6,9-11H,7-8H2,1-4H3,(H2,17,18). The lowest BCUT2D eigenvalue weighted by molar-refractivity contribution is -0.118. The van der Waals surface area contributed by atoms with E-state index in [1.54, 1.807) is 0 Å². The summed E-state index contributed by atoms with van der Waals surface area (Å²) in [5.74, 6) is 0.661. The lowest BCUT2D eigenvalue weighted by atomic mass is 9.84. The Morgan fingerprint density at radius 3 is 2.56 bits per heavy atom. The molecule has 0 radical (unpaired) electrons. The first kappa shape index (κ1) is 13.1. The summed E-state index contributed by atoms with van der Waals surface area (Å²) in [4.78, 5) is 11.2. The molecule has 0 spiro atoms. The number of carbonyl (C=O) groups excluding carboxylic acids is 1. The van der Waals surface area contributed by atoms with E-state index >= 15 is 0 Å². The quantitative estimate of drug-likeness (QED) is 0.852. The van der Waals surface area contributed by atoms with Gasteiger partial charge in [0, 0.05) is 6.42 Å². The fraction of sp³-hybridized carbons (Fsp3) is 0.562. The number of amides is 1. The molecule has 2 unspecified atom stereocenters. The van der Waals surface area contributed by atoms with E-state index < -0.39 is 0 Å². The SMILES string of the molecule is CC1CC(CC(N)=O)c2cc(C(C)(C)C)ccc21. The van der Waals surface area contributed by atoms with E-state index in [2.05, 4.69) is 45.9 Å². The third-order valence-corrected chi connectivity index (χ3v) is 4.01. The molecule has 0 bridgehead atoms. The van der Waals surface area contributed by atoms with Gasteiger partial charge in [-0.05, 0) is 40.4 Å². The predicted molar refractivity (Wildman–Crippen MR) is 74.7 cm³/mol. The number of carbonyl (C=O) groups is 1. The average Bonchev–Trinajstić information content (AvgIpc) is 2.53. The molecule has 1 aliphatic carbocycles. The first-order valence-electron chi connectivity index (χ1n) is 6.71. The van der Waals surface area contributed by atoms with Crippen LogP contribution in [0.4, 0.5) is 0 Å². The Morgan fingerprint density at radius 1 is 1.33 bits per heavy atom. The van der Waals surface area contributed by atoms with Gasteiger partial charge in [-0.2, -0.15) is 0 Å². The molecule has 98 valence electrons. The number of primary amides is 1. The van der Waals surface area contributed by atoms with Crippen LogP contribution in [-0.2, 0) is 10.2 Å².